The molecular weight excluding hydrogens is 496 g/mol. The van der Waals surface area contributed by atoms with Crippen molar-refractivity contribution in [3.63, 3.8) is 0 Å². The molecule has 1 saturated heterocycles. The van der Waals surface area contributed by atoms with Gasteiger partial charge in [-0.25, -0.2) is 34.7 Å². The zero-order valence-electron chi connectivity index (χ0n) is 20.7. The Morgan fingerprint density at radius 1 is 1.16 bits per heavy atom. The van der Waals surface area contributed by atoms with Crippen molar-refractivity contribution < 1.29 is 19.0 Å². The Labute approximate surface area is 217 Å². The highest BCUT2D eigenvalue weighted by atomic mass is 32.1. The van der Waals surface area contributed by atoms with E-state index in [-0.39, 0.29) is 6.10 Å². The Morgan fingerprint density at radius 2 is 1.95 bits per heavy atom. The first-order chi connectivity index (χ1) is 18.0. The van der Waals surface area contributed by atoms with Gasteiger partial charge in [0.05, 0.1) is 55.4 Å². The minimum absolute atomic E-state index is 0.180. The summed E-state index contributed by atoms with van der Waals surface area (Å²) >= 11 is 1.62. The summed E-state index contributed by atoms with van der Waals surface area (Å²) < 4.78 is 17.0. The van der Waals surface area contributed by atoms with E-state index in [0.29, 0.717) is 56.3 Å². The fraction of sp³-hybridized carbons (Fsp3) is 0.375. The summed E-state index contributed by atoms with van der Waals surface area (Å²) in [7, 11) is 3.44. The molecule has 5 rings (SSSR count). The molecule has 4 aromatic heterocycles. The first-order valence-electron chi connectivity index (χ1n) is 11.7. The van der Waals surface area contributed by atoms with Gasteiger partial charge in [-0.15, -0.1) is 11.3 Å². The number of thiophene rings is 1. The van der Waals surface area contributed by atoms with Crippen LogP contribution < -0.4 is 14.5 Å². The number of methoxy groups -OCH3 is 1. The highest BCUT2D eigenvalue weighted by Crippen LogP contribution is 2.29. The zero-order chi connectivity index (χ0) is 25.8. The van der Waals surface area contributed by atoms with Crippen molar-refractivity contribution in [1.82, 2.24) is 29.9 Å². The third-order valence-electron chi connectivity index (χ3n) is 5.74. The van der Waals surface area contributed by atoms with Crippen LogP contribution in [-0.4, -0.2) is 76.3 Å². The van der Waals surface area contributed by atoms with Crippen LogP contribution in [0, 0.1) is 0 Å². The minimum atomic E-state index is -0.431. The Balaban J connectivity index is 1.26. The van der Waals surface area contributed by atoms with Gasteiger partial charge < -0.3 is 24.0 Å². The van der Waals surface area contributed by atoms with E-state index in [1.54, 1.807) is 30.7 Å². The molecule has 1 fully saturated rings. The number of ether oxygens (including phenoxy) is 3. The molecule has 4 aromatic rings. The number of rotatable bonds is 8. The van der Waals surface area contributed by atoms with Gasteiger partial charge in [0.15, 0.2) is 0 Å². The number of fused-ring (bicyclic) bond motifs is 1. The molecule has 13 heteroatoms. The number of carbonyl (C=O) groups excluding carboxylic acids is 1. The predicted octanol–water partition coefficient (Wildman–Crippen LogP) is 2.67. The van der Waals surface area contributed by atoms with Gasteiger partial charge in [-0.1, -0.05) is 0 Å². The van der Waals surface area contributed by atoms with E-state index in [9.17, 15) is 4.79 Å². The van der Waals surface area contributed by atoms with Crippen LogP contribution >= 0.6 is 11.3 Å². The Bertz CT molecular complexity index is 1370. The maximum absolute atomic E-state index is 11.8. The molecule has 37 heavy (non-hydrogen) atoms. The smallest absolute Gasteiger partial charge is 0.341 e. The van der Waals surface area contributed by atoms with Crippen molar-refractivity contribution in [2.75, 3.05) is 50.3 Å². The van der Waals surface area contributed by atoms with Crippen LogP contribution in [0.4, 0.5) is 11.9 Å². The highest BCUT2D eigenvalue weighted by Gasteiger charge is 2.25. The number of hydrogen-bond acceptors (Lipinski definition) is 13. The van der Waals surface area contributed by atoms with Crippen molar-refractivity contribution in [3.8, 4) is 6.01 Å². The Hall–Kier alpha value is -3.97. The molecule has 1 unspecified atom stereocenters. The van der Waals surface area contributed by atoms with E-state index in [4.69, 9.17) is 19.2 Å². The molecule has 0 amide bonds. The minimum Gasteiger partial charge on any atom is -0.467 e. The third kappa shape index (κ3) is 5.57. The maximum Gasteiger partial charge on any atom is 0.341 e. The quantitative estimate of drug-likeness (QED) is 0.315. The van der Waals surface area contributed by atoms with Crippen LogP contribution in [0.1, 0.15) is 33.8 Å². The molecule has 0 aromatic carbocycles. The first-order valence-corrected chi connectivity index (χ1v) is 12.5. The molecule has 12 nitrogen and oxygen atoms in total. The van der Waals surface area contributed by atoms with Crippen molar-refractivity contribution >= 4 is 39.4 Å². The van der Waals surface area contributed by atoms with Crippen molar-refractivity contribution in [1.29, 1.82) is 0 Å². The number of morpholine rings is 1. The molecule has 0 saturated carbocycles. The molecule has 192 valence electrons. The van der Waals surface area contributed by atoms with Crippen LogP contribution in [0.5, 0.6) is 6.01 Å². The molecule has 1 aliphatic rings. The third-order valence-corrected chi connectivity index (χ3v) is 6.79. The van der Waals surface area contributed by atoms with Crippen LogP contribution in [-0.2, 0) is 16.0 Å². The fourth-order valence-electron chi connectivity index (χ4n) is 3.88. The summed E-state index contributed by atoms with van der Waals surface area (Å²) in [6.45, 7) is 4.49. The lowest BCUT2D eigenvalue weighted by atomic mass is 10.1. The number of aromatic nitrogens is 6. The van der Waals surface area contributed by atoms with E-state index >= 15 is 0 Å². The van der Waals surface area contributed by atoms with Gasteiger partial charge in [0.25, 0.3) is 0 Å². The van der Waals surface area contributed by atoms with E-state index in [1.807, 2.05) is 18.1 Å². The van der Waals surface area contributed by atoms with Crippen LogP contribution in [0.3, 0.4) is 0 Å². The van der Waals surface area contributed by atoms with Gasteiger partial charge in [-0.05, 0) is 13.0 Å². The normalized spacial score (nSPS) is 15.5. The Morgan fingerprint density at radius 3 is 2.68 bits per heavy atom. The molecule has 1 aliphatic heterocycles. The predicted molar refractivity (Wildman–Crippen MR) is 137 cm³/mol. The van der Waals surface area contributed by atoms with Crippen molar-refractivity contribution in [2.45, 2.75) is 19.6 Å². The van der Waals surface area contributed by atoms with Gasteiger partial charge in [-0.2, -0.15) is 0 Å². The average Bonchev–Trinajstić information content (AvgIpc) is 3.35. The van der Waals surface area contributed by atoms with Gasteiger partial charge in [-0.3, -0.25) is 0 Å². The molecule has 0 spiro atoms. The number of carbonyl (C=O) groups is 1. The molecule has 0 radical (unpaired) electrons. The van der Waals surface area contributed by atoms with Crippen LogP contribution in [0.15, 0.2) is 37.1 Å². The first kappa shape index (κ1) is 24.7. The second-order valence-corrected chi connectivity index (χ2v) is 9.46. The fourth-order valence-corrected chi connectivity index (χ4v) is 4.91. The average molecular weight is 523 g/mol. The molecule has 0 aliphatic carbocycles. The Kier molecular flexibility index (Phi) is 7.32. The maximum atomic E-state index is 11.8. The summed E-state index contributed by atoms with van der Waals surface area (Å²) in [6.07, 6.45) is 8.08. The molecule has 5 heterocycles. The topological polar surface area (TPSA) is 129 Å². The lowest BCUT2D eigenvalue weighted by Crippen LogP contribution is -2.39. The molecule has 0 bridgehead atoms. The number of esters is 1. The zero-order valence-corrected chi connectivity index (χ0v) is 21.5. The summed E-state index contributed by atoms with van der Waals surface area (Å²) in [6, 6.07) is 2.38. The second kappa shape index (κ2) is 11.0. The lowest BCUT2D eigenvalue weighted by molar-refractivity contribution is 0.0387. The summed E-state index contributed by atoms with van der Waals surface area (Å²) in [5, 5.41) is 0. The van der Waals surface area contributed by atoms with Crippen LogP contribution in [0.2, 0.25) is 0 Å². The number of hydrogen-bond donors (Lipinski definition) is 0. The van der Waals surface area contributed by atoms with Gasteiger partial charge in [0, 0.05) is 48.8 Å². The molecule has 0 N–H and O–H groups in total. The molecular formula is C24H26N8O4S. The summed E-state index contributed by atoms with van der Waals surface area (Å²) in [5.41, 5.74) is 2.09. The van der Waals surface area contributed by atoms with Crippen molar-refractivity contribution in [2.24, 2.45) is 0 Å². The largest absolute Gasteiger partial charge is 0.467 e. The van der Waals surface area contributed by atoms with Crippen LogP contribution in [0.25, 0.3) is 10.2 Å². The monoisotopic (exact) mass is 522 g/mol. The van der Waals surface area contributed by atoms with Crippen molar-refractivity contribution in [3.05, 3.63) is 53.1 Å². The SMILES string of the molecule is CCOC(=O)c1cnc(N(C)Cc2cc3nc(N4CCOC(c5cnc(OC)nc5)C4)ncc3s2)nc1. The van der Waals surface area contributed by atoms with Gasteiger partial charge >= 0.3 is 12.0 Å². The number of nitrogens with zero attached hydrogens (tertiary/aromatic N) is 8. The summed E-state index contributed by atoms with van der Waals surface area (Å²) in [4.78, 5) is 43.4. The van der Waals surface area contributed by atoms with E-state index in [2.05, 4.69) is 35.9 Å². The highest BCUT2D eigenvalue weighted by molar-refractivity contribution is 7.19. The van der Waals surface area contributed by atoms with Gasteiger partial charge in [0.1, 0.15) is 6.10 Å². The van der Waals surface area contributed by atoms with E-state index in [1.165, 1.54) is 19.5 Å². The molecule has 1 atom stereocenters. The second-order valence-electron chi connectivity index (χ2n) is 8.29. The van der Waals surface area contributed by atoms with E-state index < -0.39 is 5.97 Å². The lowest BCUT2D eigenvalue weighted by Gasteiger charge is -2.32. The number of anilines is 2. The standard InChI is InChI=1S/C24H26N8O4S/c1-4-35-21(33)16-10-25-22(26-11-16)31(2)13-17-7-18-20(37-17)12-27-23(30-18)32-5-6-36-19(14-32)15-8-28-24(34-3)29-9-15/h7-12,19H,4-6,13-14H2,1-3H3. The van der Waals surface area contributed by atoms with E-state index in [0.717, 1.165) is 20.7 Å². The van der Waals surface area contributed by atoms with Gasteiger partial charge in [0.2, 0.25) is 11.9 Å². The summed E-state index contributed by atoms with van der Waals surface area (Å²) in [5.74, 6) is 0.740.